The van der Waals surface area contributed by atoms with E-state index in [2.05, 4.69) is 61.8 Å². The minimum Gasteiger partial charge on any atom is -0.347 e. The smallest absolute Gasteiger partial charge is 0.246 e. The summed E-state index contributed by atoms with van der Waals surface area (Å²) >= 11 is 1.75. The second-order valence-corrected chi connectivity index (χ2v) is 12.9. The zero-order valence-electron chi connectivity index (χ0n) is 23.2. The Morgan fingerprint density at radius 3 is 2.41 bits per heavy atom. The van der Waals surface area contributed by atoms with E-state index in [-0.39, 0.29) is 46.4 Å². The number of likely N-dealkylation sites (N-methyl/N-ethyl adjacent to an activating group) is 1. The summed E-state index contributed by atoms with van der Waals surface area (Å²) in [6, 6.07) is 6.73. The van der Waals surface area contributed by atoms with Crippen LogP contribution in [0.4, 0.5) is 0 Å². The molecule has 0 spiro atoms. The fourth-order valence-corrected chi connectivity index (χ4v) is 8.26. The van der Waals surface area contributed by atoms with Gasteiger partial charge in [-0.1, -0.05) is 52.0 Å². The lowest BCUT2D eigenvalue weighted by molar-refractivity contribution is -0.146. The average molecular weight is 529 g/mol. The maximum absolute atomic E-state index is 14.3. The third-order valence-corrected chi connectivity index (χ3v) is 10.4. The van der Waals surface area contributed by atoms with Gasteiger partial charge < -0.3 is 20.9 Å². The monoisotopic (exact) mass is 528 g/mol. The molecule has 4 rings (SSSR count). The van der Waals surface area contributed by atoms with Gasteiger partial charge in [-0.3, -0.25) is 14.4 Å². The van der Waals surface area contributed by atoms with Crippen LogP contribution in [0.3, 0.4) is 0 Å². The SMILES string of the molecule is CN[C@@H](C)C(=O)N[C@H]1CCS[C@H]2CC(C(C)C)(C(C)C)C(C(=O)N[C@@H]3CCCc4ccccc43)N2C1=O. The fraction of sp³-hybridized carbons (Fsp3) is 0.690. The average Bonchev–Trinajstić information content (AvgIpc) is 3.17. The van der Waals surface area contributed by atoms with Gasteiger partial charge in [0, 0.05) is 5.41 Å². The summed E-state index contributed by atoms with van der Waals surface area (Å²) in [4.78, 5) is 43.0. The molecule has 8 heteroatoms. The minimum absolute atomic E-state index is 0.0461. The van der Waals surface area contributed by atoms with Gasteiger partial charge in [0.2, 0.25) is 17.7 Å². The molecule has 1 unspecified atom stereocenters. The number of aryl methyl sites for hydroxylation is 1. The van der Waals surface area contributed by atoms with Gasteiger partial charge in [0.25, 0.3) is 0 Å². The van der Waals surface area contributed by atoms with Crippen LogP contribution in [0.5, 0.6) is 0 Å². The Bertz CT molecular complexity index is 1000. The van der Waals surface area contributed by atoms with E-state index in [4.69, 9.17) is 0 Å². The van der Waals surface area contributed by atoms with Crippen LogP contribution in [-0.2, 0) is 20.8 Å². The van der Waals surface area contributed by atoms with E-state index < -0.39 is 18.1 Å². The van der Waals surface area contributed by atoms with Gasteiger partial charge in [0.1, 0.15) is 12.1 Å². The van der Waals surface area contributed by atoms with Crippen molar-refractivity contribution in [2.24, 2.45) is 17.3 Å². The molecule has 0 radical (unpaired) electrons. The zero-order valence-corrected chi connectivity index (χ0v) is 24.0. The molecule has 3 amide bonds. The number of nitrogens with one attached hydrogen (secondary N) is 3. The van der Waals surface area contributed by atoms with Gasteiger partial charge in [-0.2, -0.15) is 0 Å². The lowest BCUT2D eigenvalue weighted by Gasteiger charge is -2.44. The molecule has 1 aromatic rings. The van der Waals surface area contributed by atoms with Crippen LogP contribution in [0.15, 0.2) is 24.3 Å². The zero-order chi connectivity index (χ0) is 26.9. The summed E-state index contributed by atoms with van der Waals surface area (Å²) in [5.74, 6) is 0.805. The predicted octanol–water partition coefficient (Wildman–Crippen LogP) is 3.64. The predicted molar refractivity (Wildman–Crippen MR) is 149 cm³/mol. The molecular formula is C29H44N4O3S. The number of fused-ring (bicyclic) bond motifs is 2. The van der Waals surface area contributed by atoms with E-state index in [1.54, 1.807) is 25.7 Å². The maximum atomic E-state index is 14.3. The molecule has 0 saturated carbocycles. The summed E-state index contributed by atoms with van der Waals surface area (Å²) in [5, 5.41) is 9.25. The van der Waals surface area contributed by atoms with Gasteiger partial charge in [-0.05, 0) is 74.8 Å². The molecule has 1 aliphatic carbocycles. The lowest BCUT2D eigenvalue weighted by Crippen LogP contribution is -2.60. The van der Waals surface area contributed by atoms with Gasteiger partial charge in [0.05, 0.1) is 17.5 Å². The van der Waals surface area contributed by atoms with E-state index in [0.29, 0.717) is 6.42 Å². The van der Waals surface area contributed by atoms with Crippen molar-refractivity contribution in [3.8, 4) is 0 Å². The molecule has 204 valence electrons. The Balaban J connectivity index is 1.69. The number of rotatable bonds is 7. The van der Waals surface area contributed by atoms with Crippen molar-refractivity contribution in [2.45, 2.75) is 96.3 Å². The van der Waals surface area contributed by atoms with Crippen LogP contribution in [0.25, 0.3) is 0 Å². The second-order valence-electron chi connectivity index (χ2n) is 11.6. The van der Waals surface area contributed by atoms with Gasteiger partial charge >= 0.3 is 0 Å². The molecule has 7 nitrogen and oxygen atoms in total. The van der Waals surface area contributed by atoms with E-state index in [1.807, 2.05) is 11.0 Å². The first-order valence-corrected chi connectivity index (χ1v) is 15.0. The summed E-state index contributed by atoms with van der Waals surface area (Å²) < 4.78 is 0. The van der Waals surface area contributed by atoms with E-state index in [9.17, 15) is 14.4 Å². The third kappa shape index (κ3) is 5.16. The standard InChI is InChI=1S/C29H44N4O3S/c1-17(2)29(18(3)4)16-24-33(28(36)23(14-15-37-24)32-26(34)19(5)30-6)25(29)27(35)31-22-13-9-11-20-10-7-8-12-21(20)22/h7-8,10,12,17-19,22-25,30H,9,11,13-16H2,1-6H3,(H,31,35)(H,32,34)/t19-,22+,23-,24-,25?/m0/s1. The van der Waals surface area contributed by atoms with E-state index in [1.165, 1.54) is 11.1 Å². The van der Waals surface area contributed by atoms with Crippen molar-refractivity contribution >= 4 is 29.5 Å². The highest BCUT2D eigenvalue weighted by Gasteiger charge is 2.61. The molecule has 2 heterocycles. The highest BCUT2D eigenvalue weighted by atomic mass is 32.2. The molecule has 0 aromatic heterocycles. The summed E-state index contributed by atoms with van der Waals surface area (Å²) in [5.41, 5.74) is 2.14. The van der Waals surface area contributed by atoms with E-state index in [0.717, 1.165) is 31.4 Å². The van der Waals surface area contributed by atoms with Crippen LogP contribution in [-0.4, -0.2) is 58.9 Å². The van der Waals surface area contributed by atoms with E-state index >= 15 is 0 Å². The van der Waals surface area contributed by atoms with Gasteiger partial charge in [0.15, 0.2) is 0 Å². The molecule has 2 aliphatic heterocycles. The number of thioether (sulfide) groups is 1. The Labute approximate surface area is 226 Å². The van der Waals surface area contributed by atoms with Gasteiger partial charge in [-0.15, -0.1) is 11.8 Å². The molecule has 5 atom stereocenters. The summed E-state index contributed by atoms with van der Waals surface area (Å²) in [6.07, 6.45) is 4.32. The van der Waals surface area contributed by atoms with Crippen LogP contribution >= 0.6 is 11.8 Å². The number of benzene rings is 1. The number of hydrogen-bond donors (Lipinski definition) is 3. The quantitative estimate of drug-likeness (QED) is 0.503. The Morgan fingerprint density at radius 1 is 1.03 bits per heavy atom. The minimum atomic E-state index is -0.623. The Morgan fingerprint density at radius 2 is 1.73 bits per heavy atom. The largest absolute Gasteiger partial charge is 0.347 e. The number of amides is 3. The molecule has 3 aliphatic rings. The first-order chi connectivity index (χ1) is 17.6. The van der Waals surface area contributed by atoms with Crippen molar-refractivity contribution in [1.82, 2.24) is 20.9 Å². The number of carbonyl (C=O) groups is 3. The normalized spacial score (nSPS) is 27.9. The molecule has 2 saturated heterocycles. The van der Waals surface area contributed by atoms with Crippen LogP contribution < -0.4 is 16.0 Å². The summed E-state index contributed by atoms with van der Waals surface area (Å²) in [7, 11) is 1.73. The fourth-order valence-electron chi connectivity index (χ4n) is 6.83. The molecule has 1 aromatic carbocycles. The number of nitrogens with zero attached hydrogens (tertiary/aromatic N) is 1. The Kier molecular flexibility index (Phi) is 8.58. The molecule has 37 heavy (non-hydrogen) atoms. The van der Waals surface area contributed by atoms with Crippen molar-refractivity contribution in [1.29, 1.82) is 0 Å². The molecule has 2 fully saturated rings. The Hall–Kier alpha value is -2.06. The highest BCUT2D eigenvalue weighted by molar-refractivity contribution is 7.99. The van der Waals surface area contributed by atoms with Crippen molar-refractivity contribution in [3.63, 3.8) is 0 Å². The first-order valence-electron chi connectivity index (χ1n) is 13.9. The first kappa shape index (κ1) is 28.0. The van der Waals surface area contributed by atoms with Crippen LogP contribution in [0.1, 0.15) is 77.5 Å². The maximum Gasteiger partial charge on any atom is 0.246 e. The topological polar surface area (TPSA) is 90.5 Å². The lowest BCUT2D eigenvalue weighted by atomic mass is 9.63. The summed E-state index contributed by atoms with van der Waals surface area (Å²) in [6.45, 7) is 10.5. The van der Waals surface area contributed by atoms with Crippen molar-refractivity contribution in [2.75, 3.05) is 12.8 Å². The van der Waals surface area contributed by atoms with Crippen LogP contribution in [0, 0.1) is 17.3 Å². The molecule has 0 bridgehead atoms. The highest BCUT2D eigenvalue weighted by Crippen LogP contribution is 2.55. The third-order valence-electron chi connectivity index (χ3n) is 9.12. The van der Waals surface area contributed by atoms with Crippen molar-refractivity contribution in [3.05, 3.63) is 35.4 Å². The molecular weight excluding hydrogens is 484 g/mol. The van der Waals surface area contributed by atoms with Crippen LogP contribution in [0.2, 0.25) is 0 Å². The number of hydrogen-bond acceptors (Lipinski definition) is 5. The molecule has 3 N–H and O–H groups in total. The number of carbonyl (C=O) groups excluding carboxylic acids is 3. The van der Waals surface area contributed by atoms with Gasteiger partial charge in [-0.25, -0.2) is 0 Å². The second kappa shape index (κ2) is 11.4. The van der Waals surface area contributed by atoms with Crippen molar-refractivity contribution < 1.29 is 14.4 Å².